The van der Waals surface area contributed by atoms with Crippen molar-refractivity contribution in [3.63, 3.8) is 0 Å². The highest BCUT2D eigenvalue weighted by molar-refractivity contribution is 5.94. The van der Waals surface area contributed by atoms with Crippen molar-refractivity contribution < 1.29 is 19.8 Å². The lowest BCUT2D eigenvalue weighted by molar-refractivity contribution is -0.107. The molecule has 0 aliphatic carbocycles. The maximum absolute atomic E-state index is 12.3. The first-order valence-corrected chi connectivity index (χ1v) is 8.68. The molecule has 2 amide bonds. The fraction of sp³-hybridized carbons (Fsp3) is 0.444. The lowest BCUT2D eigenvalue weighted by atomic mass is 10.1. The van der Waals surface area contributed by atoms with Crippen molar-refractivity contribution in [1.82, 2.24) is 14.9 Å². The molecule has 1 heterocycles. The van der Waals surface area contributed by atoms with Crippen LogP contribution in [-0.4, -0.2) is 58.9 Å². The quantitative estimate of drug-likeness (QED) is 0.478. The van der Waals surface area contributed by atoms with Gasteiger partial charge < -0.3 is 25.4 Å². The van der Waals surface area contributed by atoms with Crippen LogP contribution in [0.25, 0.3) is 11.0 Å². The number of carbonyl (C=O) groups is 2. The molecule has 27 heavy (non-hydrogen) atoms. The van der Waals surface area contributed by atoms with Gasteiger partial charge in [-0.3, -0.25) is 9.59 Å². The van der Waals surface area contributed by atoms with E-state index in [1.807, 2.05) is 19.1 Å². The van der Waals surface area contributed by atoms with Crippen molar-refractivity contribution in [2.75, 3.05) is 26.0 Å². The third kappa shape index (κ3) is 4.50. The van der Waals surface area contributed by atoms with Gasteiger partial charge in [-0.15, -0.1) is 0 Å². The maximum Gasteiger partial charge on any atom is 0.273 e. The first-order valence-electron chi connectivity index (χ1n) is 8.68. The molecule has 0 unspecified atom stereocenters. The molecule has 2 rings (SSSR count). The molecule has 1 atom stereocenters. The van der Waals surface area contributed by atoms with Crippen LogP contribution in [-0.2, 0) is 11.3 Å². The van der Waals surface area contributed by atoms with E-state index in [1.54, 1.807) is 11.6 Å². The van der Waals surface area contributed by atoms with Crippen molar-refractivity contribution in [2.24, 2.45) is 4.99 Å². The molecular formula is C18H25N5O4. The molecule has 0 saturated carbocycles. The zero-order valence-corrected chi connectivity index (χ0v) is 15.7. The van der Waals surface area contributed by atoms with Crippen molar-refractivity contribution in [3.05, 3.63) is 28.9 Å². The Morgan fingerprint density at radius 3 is 2.70 bits per heavy atom. The van der Waals surface area contributed by atoms with E-state index in [1.165, 1.54) is 7.05 Å². The number of aryl methyl sites for hydroxylation is 2. The van der Waals surface area contributed by atoms with Crippen LogP contribution >= 0.6 is 0 Å². The minimum Gasteiger partial charge on any atom is -0.396 e. The SMILES string of the molecule is CNC(=O)c1nc2cc(C)c(NC)cc2n(CC[C@H](O)CCO)c1=NC=O. The molecule has 146 valence electrons. The second-order valence-corrected chi connectivity index (χ2v) is 6.11. The Hall–Kier alpha value is -2.78. The lowest BCUT2D eigenvalue weighted by Crippen LogP contribution is -2.35. The van der Waals surface area contributed by atoms with Crippen LogP contribution in [0.4, 0.5) is 5.69 Å². The Balaban J connectivity index is 2.77. The molecule has 0 aliphatic heterocycles. The first-order chi connectivity index (χ1) is 13.0. The zero-order chi connectivity index (χ0) is 20.0. The third-order valence-electron chi connectivity index (χ3n) is 4.35. The van der Waals surface area contributed by atoms with E-state index in [0.29, 0.717) is 30.4 Å². The highest BCUT2D eigenvalue weighted by Crippen LogP contribution is 2.22. The van der Waals surface area contributed by atoms with E-state index >= 15 is 0 Å². The van der Waals surface area contributed by atoms with Crippen LogP contribution in [0.1, 0.15) is 28.9 Å². The van der Waals surface area contributed by atoms with E-state index in [9.17, 15) is 14.7 Å². The summed E-state index contributed by atoms with van der Waals surface area (Å²) in [6.45, 7) is 2.09. The minimum atomic E-state index is -0.715. The standard InChI is InChI=1S/C18H25N5O4/c1-11-8-14-15(9-13(11)19-2)23(6-4-12(26)5-7-24)17(21-10-25)16(22-14)18(27)20-3/h8-10,12,19,24,26H,4-7H2,1-3H3,(H,20,27)/t12-/m0/s1. The zero-order valence-electron chi connectivity index (χ0n) is 15.7. The Kier molecular flexibility index (Phi) is 7.03. The fourth-order valence-electron chi connectivity index (χ4n) is 2.92. The number of benzene rings is 1. The minimum absolute atomic E-state index is 0.0327. The lowest BCUT2D eigenvalue weighted by Gasteiger charge is -2.17. The van der Waals surface area contributed by atoms with Crippen molar-refractivity contribution >= 4 is 29.0 Å². The van der Waals surface area contributed by atoms with E-state index < -0.39 is 12.0 Å². The van der Waals surface area contributed by atoms with Gasteiger partial charge in [-0.05, 0) is 37.5 Å². The maximum atomic E-state index is 12.3. The molecule has 1 aromatic carbocycles. The Morgan fingerprint density at radius 1 is 1.37 bits per heavy atom. The van der Waals surface area contributed by atoms with Gasteiger partial charge in [0.15, 0.2) is 11.2 Å². The van der Waals surface area contributed by atoms with Gasteiger partial charge in [0.1, 0.15) is 0 Å². The van der Waals surface area contributed by atoms with E-state index in [-0.39, 0.29) is 24.2 Å². The predicted octanol–water partition coefficient (Wildman–Crippen LogP) is -0.0635. The van der Waals surface area contributed by atoms with E-state index in [4.69, 9.17) is 5.11 Å². The number of hydrogen-bond acceptors (Lipinski definition) is 6. The molecule has 1 aromatic heterocycles. The number of carbonyl (C=O) groups excluding carboxylic acids is 2. The van der Waals surface area contributed by atoms with Gasteiger partial charge in [-0.2, -0.15) is 4.99 Å². The van der Waals surface area contributed by atoms with Crippen LogP contribution in [0.2, 0.25) is 0 Å². The number of amides is 2. The number of aliphatic hydroxyl groups excluding tert-OH is 2. The van der Waals surface area contributed by atoms with Crippen molar-refractivity contribution in [2.45, 2.75) is 32.4 Å². The molecule has 0 spiro atoms. The number of nitrogens with zero attached hydrogens (tertiary/aromatic N) is 3. The second-order valence-electron chi connectivity index (χ2n) is 6.11. The smallest absolute Gasteiger partial charge is 0.273 e. The average Bonchev–Trinajstić information content (AvgIpc) is 2.66. The number of fused-ring (bicyclic) bond motifs is 1. The molecule has 0 bridgehead atoms. The second kappa shape index (κ2) is 9.24. The van der Waals surface area contributed by atoms with Crippen LogP contribution in [0.15, 0.2) is 17.1 Å². The summed E-state index contributed by atoms with van der Waals surface area (Å²) in [5, 5.41) is 24.6. The number of aliphatic hydroxyl groups is 2. The summed E-state index contributed by atoms with van der Waals surface area (Å²) in [4.78, 5) is 31.6. The summed E-state index contributed by atoms with van der Waals surface area (Å²) in [5.41, 5.74) is 3.23. The van der Waals surface area contributed by atoms with Gasteiger partial charge in [0.05, 0.1) is 17.1 Å². The molecule has 4 N–H and O–H groups in total. The van der Waals surface area contributed by atoms with E-state index in [0.717, 1.165) is 11.3 Å². The van der Waals surface area contributed by atoms with Crippen LogP contribution in [0.3, 0.4) is 0 Å². The van der Waals surface area contributed by atoms with Gasteiger partial charge in [0.2, 0.25) is 6.41 Å². The Labute approximate surface area is 156 Å². The third-order valence-corrected chi connectivity index (χ3v) is 4.35. The summed E-state index contributed by atoms with van der Waals surface area (Å²) >= 11 is 0. The van der Waals surface area contributed by atoms with Gasteiger partial charge in [-0.1, -0.05) is 0 Å². The fourth-order valence-corrected chi connectivity index (χ4v) is 2.92. The number of anilines is 1. The van der Waals surface area contributed by atoms with Crippen LogP contribution in [0, 0.1) is 6.92 Å². The van der Waals surface area contributed by atoms with E-state index in [2.05, 4.69) is 20.6 Å². The Bertz CT molecular complexity index is 907. The topological polar surface area (TPSA) is 129 Å². The highest BCUT2D eigenvalue weighted by Gasteiger charge is 2.17. The summed E-state index contributed by atoms with van der Waals surface area (Å²) in [5.74, 6) is -0.461. The number of aromatic nitrogens is 2. The number of nitrogens with one attached hydrogen (secondary N) is 2. The van der Waals surface area contributed by atoms with Gasteiger partial charge >= 0.3 is 0 Å². The summed E-state index contributed by atoms with van der Waals surface area (Å²) in [7, 11) is 3.27. The van der Waals surface area contributed by atoms with Crippen molar-refractivity contribution in [1.29, 1.82) is 0 Å². The molecule has 9 heteroatoms. The van der Waals surface area contributed by atoms with Crippen LogP contribution < -0.4 is 16.1 Å². The molecule has 2 aromatic rings. The molecule has 0 aliphatic rings. The molecule has 0 saturated heterocycles. The highest BCUT2D eigenvalue weighted by atomic mass is 16.3. The summed E-state index contributed by atoms with van der Waals surface area (Å²) < 4.78 is 1.70. The molecule has 0 fully saturated rings. The molecule has 9 nitrogen and oxygen atoms in total. The Morgan fingerprint density at radius 2 is 2.11 bits per heavy atom. The van der Waals surface area contributed by atoms with Crippen LogP contribution in [0.5, 0.6) is 0 Å². The predicted molar refractivity (Wildman–Crippen MR) is 101 cm³/mol. The summed E-state index contributed by atoms with van der Waals surface area (Å²) in [6.07, 6.45) is 0.213. The number of hydrogen-bond donors (Lipinski definition) is 4. The summed E-state index contributed by atoms with van der Waals surface area (Å²) in [6, 6.07) is 3.71. The number of rotatable bonds is 8. The largest absolute Gasteiger partial charge is 0.396 e. The van der Waals surface area contributed by atoms with Gasteiger partial charge in [0, 0.05) is 32.9 Å². The first kappa shape index (κ1) is 20.5. The van der Waals surface area contributed by atoms with Gasteiger partial charge in [-0.25, -0.2) is 4.98 Å². The monoisotopic (exact) mass is 375 g/mol. The van der Waals surface area contributed by atoms with Gasteiger partial charge in [0.25, 0.3) is 5.91 Å². The van der Waals surface area contributed by atoms with Crippen molar-refractivity contribution in [3.8, 4) is 0 Å². The normalized spacial score (nSPS) is 12.9. The molecule has 0 radical (unpaired) electrons. The molecular weight excluding hydrogens is 350 g/mol. The average molecular weight is 375 g/mol.